The van der Waals surface area contributed by atoms with Crippen LogP contribution in [0.15, 0.2) is 36.9 Å². The fourth-order valence-corrected chi connectivity index (χ4v) is 1.46. The van der Waals surface area contributed by atoms with E-state index in [1.54, 1.807) is 6.08 Å². The summed E-state index contributed by atoms with van der Waals surface area (Å²) in [5.74, 6) is -1.73. The smallest absolute Gasteiger partial charge is 0.326 e. The van der Waals surface area contributed by atoms with E-state index in [4.69, 9.17) is 9.84 Å². The van der Waals surface area contributed by atoms with Gasteiger partial charge in [0.25, 0.3) is 5.91 Å². The van der Waals surface area contributed by atoms with Gasteiger partial charge in [-0.05, 0) is 37.1 Å². The topological polar surface area (TPSA) is 75.6 Å². The van der Waals surface area contributed by atoms with Crippen molar-refractivity contribution in [2.75, 3.05) is 6.61 Å². The van der Waals surface area contributed by atoms with Crippen LogP contribution in [0.4, 0.5) is 4.39 Å². The zero-order valence-electron chi connectivity index (χ0n) is 10.8. The number of hydrogen-bond donors (Lipinski definition) is 2. The van der Waals surface area contributed by atoms with E-state index in [2.05, 4.69) is 11.9 Å². The number of aliphatic carboxylic acids is 1. The van der Waals surface area contributed by atoms with Gasteiger partial charge in [0.05, 0.1) is 0 Å². The minimum absolute atomic E-state index is 0.265. The molecule has 6 heteroatoms. The highest BCUT2D eigenvalue weighted by atomic mass is 19.1. The van der Waals surface area contributed by atoms with Crippen molar-refractivity contribution in [3.63, 3.8) is 0 Å². The number of allylic oxidation sites excluding steroid dienone is 1. The molecule has 2 N–H and O–H groups in total. The van der Waals surface area contributed by atoms with Gasteiger partial charge in [0, 0.05) is 0 Å². The molecule has 0 aromatic heterocycles. The summed E-state index contributed by atoms with van der Waals surface area (Å²) in [5.41, 5.74) is 0. The molecule has 1 amide bonds. The second-order valence-electron chi connectivity index (χ2n) is 4.07. The van der Waals surface area contributed by atoms with Crippen LogP contribution in [0.3, 0.4) is 0 Å². The number of hydrogen-bond acceptors (Lipinski definition) is 3. The van der Waals surface area contributed by atoms with Crippen LogP contribution in [0, 0.1) is 5.82 Å². The third kappa shape index (κ3) is 5.51. The maximum Gasteiger partial charge on any atom is 0.326 e. The summed E-state index contributed by atoms with van der Waals surface area (Å²) in [4.78, 5) is 22.5. The van der Waals surface area contributed by atoms with Crippen LogP contribution < -0.4 is 10.1 Å². The van der Waals surface area contributed by atoms with Crippen LogP contribution in [0.1, 0.15) is 12.8 Å². The number of halogens is 1. The largest absolute Gasteiger partial charge is 0.484 e. The van der Waals surface area contributed by atoms with E-state index in [0.717, 1.165) is 0 Å². The molecule has 5 nitrogen and oxygen atoms in total. The molecule has 0 saturated heterocycles. The van der Waals surface area contributed by atoms with Gasteiger partial charge in [-0.25, -0.2) is 9.18 Å². The number of carbonyl (C=O) groups is 2. The van der Waals surface area contributed by atoms with E-state index in [1.807, 2.05) is 0 Å². The van der Waals surface area contributed by atoms with Crippen LogP contribution in [0.5, 0.6) is 5.75 Å². The van der Waals surface area contributed by atoms with Gasteiger partial charge in [0.2, 0.25) is 0 Å². The number of carboxylic acid groups (broad SMARTS) is 1. The molecule has 0 bridgehead atoms. The minimum Gasteiger partial charge on any atom is -0.484 e. The van der Waals surface area contributed by atoms with E-state index in [-0.39, 0.29) is 13.0 Å². The Bertz CT molecular complexity index is 473. The van der Waals surface area contributed by atoms with Gasteiger partial charge < -0.3 is 15.2 Å². The Morgan fingerprint density at radius 2 is 2.05 bits per heavy atom. The van der Waals surface area contributed by atoms with E-state index in [9.17, 15) is 14.0 Å². The third-order valence-corrected chi connectivity index (χ3v) is 2.48. The SMILES string of the molecule is C=CCCC(NC(=O)COc1ccc(F)cc1)C(=O)O. The van der Waals surface area contributed by atoms with Gasteiger partial charge in [-0.15, -0.1) is 6.58 Å². The summed E-state index contributed by atoms with van der Waals surface area (Å²) in [6.07, 6.45) is 2.33. The predicted octanol–water partition coefficient (Wildman–Crippen LogP) is 1.74. The normalized spacial score (nSPS) is 11.4. The molecule has 1 rings (SSSR count). The Balaban J connectivity index is 2.43. The number of carboxylic acids is 1. The van der Waals surface area contributed by atoms with Gasteiger partial charge in [-0.3, -0.25) is 4.79 Å². The molecule has 0 radical (unpaired) electrons. The lowest BCUT2D eigenvalue weighted by Crippen LogP contribution is -2.42. The van der Waals surface area contributed by atoms with Crippen LogP contribution in [-0.4, -0.2) is 29.6 Å². The third-order valence-electron chi connectivity index (χ3n) is 2.48. The average molecular weight is 281 g/mol. The standard InChI is InChI=1S/C14H16FNO4/c1-2-3-4-12(14(18)19)16-13(17)9-20-11-7-5-10(15)6-8-11/h2,5-8,12H,1,3-4,9H2,(H,16,17)(H,18,19). The maximum absolute atomic E-state index is 12.7. The van der Waals surface area contributed by atoms with Gasteiger partial charge in [-0.1, -0.05) is 6.08 Å². The highest BCUT2D eigenvalue weighted by molar-refractivity contribution is 5.84. The molecule has 0 heterocycles. The lowest BCUT2D eigenvalue weighted by atomic mass is 10.1. The molecule has 1 unspecified atom stereocenters. The van der Waals surface area contributed by atoms with Gasteiger partial charge in [-0.2, -0.15) is 0 Å². The molecule has 0 saturated carbocycles. The van der Waals surface area contributed by atoms with E-state index in [1.165, 1.54) is 24.3 Å². The molecule has 1 atom stereocenters. The Morgan fingerprint density at radius 3 is 2.60 bits per heavy atom. The van der Waals surface area contributed by atoms with E-state index < -0.39 is 23.7 Å². The van der Waals surface area contributed by atoms with Crippen molar-refractivity contribution in [2.45, 2.75) is 18.9 Å². The van der Waals surface area contributed by atoms with Gasteiger partial charge in [0.15, 0.2) is 6.61 Å². The van der Waals surface area contributed by atoms with Crippen molar-refractivity contribution >= 4 is 11.9 Å². The van der Waals surface area contributed by atoms with Crippen molar-refractivity contribution in [2.24, 2.45) is 0 Å². The molecule has 0 fully saturated rings. The Morgan fingerprint density at radius 1 is 1.40 bits per heavy atom. The number of nitrogens with one attached hydrogen (secondary N) is 1. The molecule has 1 aromatic carbocycles. The molecule has 0 aliphatic heterocycles. The highest BCUT2D eigenvalue weighted by Gasteiger charge is 2.19. The first-order valence-electron chi connectivity index (χ1n) is 6.04. The molecule has 20 heavy (non-hydrogen) atoms. The Hall–Kier alpha value is -2.37. The summed E-state index contributed by atoms with van der Waals surface area (Å²) in [6.45, 7) is 3.16. The van der Waals surface area contributed by atoms with Crippen LogP contribution >= 0.6 is 0 Å². The molecule has 0 aliphatic carbocycles. The second kappa shape index (κ2) is 7.93. The molecular formula is C14H16FNO4. The maximum atomic E-state index is 12.7. The second-order valence-corrected chi connectivity index (χ2v) is 4.07. The van der Waals surface area contributed by atoms with E-state index >= 15 is 0 Å². The van der Waals surface area contributed by atoms with Gasteiger partial charge in [0.1, 0.15) is 17.6 Å². The molecule has 0 spiro atoms. The fourth-order valence-electron chi connectivity index (χ4n) is 1.46. The lowest BCUT2D eigenvalue weighted by Gasteiger charge is -2.14. The lowest BCUT2D eigenvalue weighted by molar-refractivity contribution is -0.142. The van der Waals surface area contributed by atoms with E-state index in [0.29, 0.717) is 12.2 Å². The van der Waals surface area contributed by atoms with Crippen molar-refractivity contribution in [3.05, 3.63) is 42.7 Å². The first-order chi connectivity index (χ1) is 9.52. The summed E-state index contributed by atoms with van der Waals surface area (Å²) >= 11 is 0. The van der Waals surface area contributed by atoms with Crippen LogP contribution in [0.2, 0.25) is 0 Å². The number of ether oxygens (including phenoxy) is 1. The first kappa shape index (κ1) is 15.7. The number of carbonyl (C=O) groups excluding carboxylic acids is 1. The first-order valence-corrected chi connectivity index (χ1v) is 6.04. The summed E-state index contributed by atoms with van der Waals surface area (Å²) in [5, 5.41) is 11.3. The zero-order valence-corrected chi connectivity index (χ0v) is 10.8. The summed E-state index contributed by atoms with van der Waals surface area (Å²) in [6, 6.07) is 4.20. The summed E-state index contributed by atoms with van der Waals surface area (Å²) in [7, 11) is 0. The Labute approximate surface area is 116 Å². The van der Waals surface area contributed by atoms with Crippen molar-refractivity contribution < 1.29 is 23.8 Å². The van der Waals surface area contributed by atoms with Crippen LogP contribution in [-0.2, 0) is 9.59 Å². The quantitative estimate of drug-likeness (QED) is 0.712. The molecule has 1 aromatic rings. The Kier molecular flexibility index (Phi) is 6.22. The molecule has 108 valence electrons. The van der Waals surface area contributed by atoms with Crippen molar-refractivity contribution in [1.29, 1.82) is 0 Å². The number of rotatable bonds is 8. The molecule has 0 aliphatic rings. The average Bonchev–Trinajstić information content (AvgIpc) is 2.42. The minimum atomic E-state index is -1.11. The summed E-state index contributed by atoms with van der Waals surface area (Å²) < 4.78 is 17.8. The number of amides is 1. The zero-order chi connectivity index (χ0) is 15.0. The van der Waals surface area contributed by atoms with Gasteiger partial charge >= 0.3 is 5.97 Å². The fraction of sp³-hybridized carbons (Fsp3) is 0.286. The van der Waals surface area contributed by atoms with Crippen molar-refractivity contribution in [3.8, 4) is 5.75 Å². The van der Waals surface area contributed by atoms with Crippen molar-refractivity contribution in [1.82, 2.24) is 5.32 Å². The number of benzene rings is 1. The monoisotopic (exact) mass is 281 g/mol. The van der Waals surface area contributed by atoms with Crippen LogP contribution in [0.25, 0.3) is 0 Å². The highest BCUT2D eigenvalue weighted by Crippen LogP contribution is 2.10. The molecular weight excluding hydrogens is 265 g/mol. The predicted molar refractivity (Wildman–Crippen MR) is 70.9 cm³/mol.